The molecule has 4 rings (SSSR count). The topological polar surface area (TPSA) is 70.0 Å². The number of halogens is 2. The van der Waals surface area contributed by atoms with Crippen molar-refractivity contribution >= 4 is 52.7 Å². The summed E-state index contributed by atoms with van der Waals surface area (Å²) in [7, 11) is 0. The van der Waals surface area contributed by atoms with Gasteiger partial charge in [-0.3, -0.25) is 9.69 Å². The molecule has 3 aromatic rings. The number of carboxylic acids is 1. The number of aliphatic imine (C=N–C) groups is 1. The molecule has 1 aliphatic heterocycles. The Labute approximate surface area is 182 Å². The third-order valence-electron chi connectivity index (χ3n) is 4.52. The normalized spacial score (nSPS) is 14.9. The molecule has 0 bridgehead atoms. The summed E-state index contributed by atoms with van der Waals surface area (Å²) in [6, 6.07) is 20.2. The summed E-state index contributed by atoms with van der Waals surface area (Å²) in [5.74, 6) is -0.935. The van der Waals surface area contributed by atoms with Gasteiger partial charge < -0.3 is 5.11 Å². The van der Waals surface area contributed by atoms with E-state index in [1.54, 1.807) is 60.7 Å². The lowest BCUT2D eigenvalue weighted by atomic mass is 10.1. The van der Waals surface area contributed by atoms with Crippen LogP contribution in [-0.4, -0.2) is 22.8 Å². The van der Waals surface area contributed by atoms with Crippen LogP contribution in [0.4, 0.5) is 5.69 Å². The van der Waals surface area contributed by atoms with Gasteiger partial charge in [0.05, 0.1) is 16.3 Å². The van der Waals surface area contributed by atoms with Gasteiger partial charge in [-0.2, -0.15) is 0 Å². The van der Waals surface area contributed by atoms with Crippen molar-refractivity contribution in [2.45, 2.75) is 0 Å². The largest absolute Gasteiger partial charge is 0.478 e. The van der Waals surface area contributed by atoms with Gasteiger partial charge in [-0.15, -0.1) is 0 Å². The smallest absolute Gasteiger partial charge is 0.335 e. The van der Waals surface area contributed by atoms with Crippen LogP contribution in [0.15, 0.2) is 83.5 Å². The van der Waals surface area contributed by atoms with Crippen molar-refractivity contribution in [2.24, 2.45) is 4.99 Å². The number of hydrogen-bond acceptors (Lipinski definition) is 3. The lowest BCUT2D eigenvalue weighted by molar-refractivity contribution is -0.113. The fourth-order valence-corrected chi connectivity index (χ4v) is 3.40. The number of carbonyl (C=O) groups excluding carboxylic acids is 1. The van der Waals surface area contributed by atoms with Gasteiger partial charge in [0, 0.05) is 10.6 Å². The fraction of sp³-hybridized carbons (Fsp3) is 0. The van der Waals surface area contributed by atoms with Crippen molar-refractivity contribution in [1.29, 1.82) is 0 Å². The molecule has 0 aliphatic carbocycles. The van der Waals surface area contributed by atoms with Crippen LogP contribution in [0, 0.1) is 0 Å². The van der Waals surface area contributed by atoms with Crippen molar-refractivity contribution in [3.63, 3.8) is 0 Å². The van der Waals surface area contributed by atoms with Crippen LogP contribution >= 0.6 is 23.2 Å². The summed E-state index contributed by atoms with van der Waals surface area (Å²) in [5.41, 5.74) is 2.25. The van der Waals surface area contributed by atoms with Crippen LogP contribution in [0.1, 0.15) is 21.5 Å². The van der Waals surface area contributed by atoms with Gasteiger partial charge in [0.2, 0.25) is 0 Å². The number of hydrogen-bond donors (Lipinski definition) is 1. The van der Waals surface area contributed by atoms with Crippen LogP contribution in [0.3, 0.4) is 0 Å². The van der Waals surface area contributed by atoms with E-state index in [4.69, 9.17) is 28.3 Å². The molecule has 5 nitrogen and oxygen atoms in total. The van der Waals surface area contributed by atoms with Gasteiger partial charge in [0.15, 0.2) is 0 Å². The van der Waals surface area contributed by atoms with Crippen molar-refractivity contribution in [3.8, 4) is 0 Å². The maximum atomic E-state index is 13.2. The number of nitrogens with zero attached hydrogens (tertiary/aromatic N) is 2. The van der Waals surface area contributed by atoms with Crippen molar-refractivity contribution in [2.75, 3.05) is 4.90 Å². The average molecular weight is 437 g/mol. The summed E-state index contributed by atoms with van der Waals surface area (Å²) in [6.45, 7) is 0. The summed E-state index contributed by atoms with van der Waals surface area (Å²) < 4.78 is 0. The second-order valence-electron chi connectivity index (χ2n) is 6.49. The first-order valence-electron chi connectivity index (χ1n) is 8.93. The molecule has 0 radical (unpaired) electrons. The van der Waals surface area contributed by atoms with Gasteiger partial charge in [-0.05, 0) is 60.2 Å². The first-order chi connectivity index (χ1) is 14.4. The number of benzene rings is 3. The van der Waals surface area contributed by atoms with Crippen molar-refractivity contribution < 1.29 is 14.7 Å². The Balaban J connectivity index is 1.80. The number of anilines is 1. The Kier molecular flexibility index (Phi) is 5.40. The maximum Gasteiger partial charge on any atom is 0.335 e. The predicted molar refractivity (Wildman–Crippen MR) is 118 cm³/mol. The molecule has 0 aromatic heterocycles. The minimum Gasteiger partial charge on any atom is -0.478 e. The molecule has 1 N–H and O–H groups in total. The molecule has 148 valence electrons. The minimum atomic E-state index is -1.01. The van der Waals surface area contributed by atoms with Crippen molar-refractivity contribution in [1.82, 2.24) is 0 Å². The van der Waals surface area contributed by atoms with Gasteiger partial charge in [-0.1, -0.05) is 47.5 Å². The number of aromatic carboxylic acids is 1. The molecular weight excluding hydrogens is 423 g/mol. The number of rotatable bonds is 4. The molecular formula is C23H14Cl2N2O3. The third-order valence-corrected chi connectivity index (χ3v) is 5.10. The van der Waals surface area contributed by atoms with E-state index in [-0.39, 0.29) is 17.2 Å². The van der Waals surface area contributed by atoms with E-state index in [2.05, 4.69) is 4.99 Å². The predicted octanol–water partition coefficient (Wildman–Crippen LogP) is 5.53. The van der Waals surface area contributed by atoms with Gasteiger partial charge in [0.25, 0.3) is 5.91 Å². The standard InChI is InChI=1S/C23H14Cl2N2O3/c24-16-9-11-17(12-10-16)27-21(18-3-1-2-4-19(18)25)26-20(22(27)28)13-14-5-7-15(8-6-14)23(29)30/h1-13H,(H,29,30)/b20-13+. The Morgan fingerprint density at radius 3 is 2.23 bits per heavy atom. The van der Waals surface area contributed by atoms with E-state index >= 15 is 0 Å². The molecule has 30 heavy (non-hydrogen) atoms. The Hall–Kier alpha value is -3.41. The highest BCUT2D eigenvalue weighted by Gasteiger charge is 2.33. The quantitative estimate of drug-likeness (QED) is 0.546. The Bertz CT molecular complexity index is 1200. The summed E-state index contributed by atoms with van der Waals surface area (Å²) in [4.78, 5) is 30.3. The van der Waals surface area contributed by atoms with E-state index in [1.165, 1.54) is 17.0 Å². The second kappa shape index (κ2) is 8.14. The highest BCUT2D eigenvalue weighted by atomic mass is 35.5. The van der Waals surface area contributed by atoms with E-state index in [0.717, 1.165) is 0 Å². The van der Waals surface area contributed by atoms with E-state index in [0.29, 0.717) is 32.7 Å². The lowest BCUT2D eigenvalue weighted by Crippen LogP contribution is -2.32. The molecule has 0 atom stereocenters. The fourth-order valence-electron chi connectivity index (χ4n) is 3.05. The minimum absolute atomic E-state index is 0.165. The van der Waals surface area contributed by atoms with E-state index in [1.807, 2.05) is 6.07 Å². The summed E-state index contributed by atoms with van der Waals surface area (Å²) in [5, 5.41) is 10.1. The molecule has 0 saturated heterocycles. The highest BCUT2D eigenvalue weighted by molar-refractivity contribution is 6.39. The first-order valence-corrected chi connectivity index (χ1v) is 9.68. The van der Waals surface area contributed by atoms with Crippen LogP contribution in [0.5, 0.6) is 0 Å². The molecule has 0 spiro atoms. The molecule has 1 amide bonds. The molecule has 0 saturated carbocycles. The number of amides is 1. The maximum absolute atomic E-state index is 13.2. The number of carboxylic acid groups (broad SMARTS) is 1. The molecule has 3 aromatic carbocycles. The molecule has 7 heteroatoms. The molecule has 1 heterocycles. The van der Waals surface area contributed by atoms with Gasteiger partial charge in [0.1, 0.15) is 11.5 Å². The molecule has 0 fully saturated rings. The number of carbonyl (C=O) groups is 2. The average Bonchev–Trinajstić information content (AvgIpc) is 3.05. The number of amidine groups is 1. The van der Waals surface area contributed by atoms with Gasteiger partial charge >= 0.3 is 5.97 Å². The lowest BCUT2D eigenvalue weighted by Gasteiger charge is -2.19. The third kappa shape index (κ3) is 3.85. The van der Waals surface area contributed by atoms with E-state index < -0.39 is 5.97 Å². The second-order valence-corrected chi connectivity index (χ2v) is 7.33. The van der Waals surface area contributed by atoms with Crippen molar-refractivity contribution in [3.05, 3.63) is 105 Å². The van der Waals surface area contributed by atoms with Gasteiger partial charge in [-0.25, -0.2) is 9.79 Å². The highest BCUT2D eigenvalue weighted by Crippen LogP contribution is 2.31. The SMILES string of the molecule is O=C(O)c1ccc(/C=C2/N=C(c3ccccc3Cl)N(c3ccc(Cl)cc3)C2=O)cc1. The zero-order valence-corrected chi connectivity index (χ0v) is 16.9. The van der Waals surface area contributed by atoms with Crippen LogP contribution in [-0.2, 0) is 4.79 Å². The van der Waals surface area contributed by atoms with Crippen LogP contribution in [0.25, 0.3) is 6.08 Å². The Morgan fingerprint density at radius 1 is 0.933 bits per heavy atom. The Morgan fingerprint density at radius 2 is 1.60 bits per heavy atom. The van der Waals surface area contributed by atoms with E-state index in [9.17, 15) is 9.59 Å². The summed E-state index contributed by atoms with van der Waals surface area (Å²) in [6.07, 6.45) is 1.61. The zero-order valence-electron chi connectivity index (χ0n) is 15.4. The first kappa shape index (κ1) is 19.9. The molecule has 1 aliphatic rings. The molecule has 0 unspecified atom stereocenters. The van der Waals surface area contributed by atoms with Crippen LogP contribution in [0.2, 0.25) is 10.0 Å². The summed E-state index contributed by atoms with van der Waals surface area (Å²) >= 11 is 12.4. The van der Waals surface area contributed by atoms with Crippen LogP contribution < -0.4 is 4.90 Å². The zero-order chi connectivity index (χ0) is 21.3. The monoisotopic (exact) mass is 436 g/mol.